The Morgan fingerprint density at radius 2 is 0.769 bits per heavy atom. The second kappa shape index (κ2) is 60.0. The molecule has 592 valence electrons. The van der Waals surface area contributed by atoms with Gasteiger partial charge in [-0.05, 0) is 151 Å². The molecule has 14 nitrogen and oxygen atoms in total. The Bertz CT molecular complexity index is 4630. The number of methoxy groups -OCH3 is 3. The van der Waals surface area contributed by atoms with Gasteiger partial charge in [0.2, 0.25) is 0 Å². The van der Waals surface area contributed by atoms with Gasteiger partial charge in [-0.1, -0.05) is 40.8 Å². The van der Waals surface area contributed by atoms with Crippen LogP contribution in [-0.4, -0.2) is 60.2 Å². The molecule has 8 radical (unpaired) electrons. The maximum absolute atomic E-state index is 12.9. The summed E-state index contributed by atoms with van der Waals surface area (Å²) < 4.78 is 68.7. The van der Waals surface area contributed by atoms with Crippen molar-refractivity contribution in [2.75, 3.05) is 40.3 Å². The van der Waals surface area contributed by atoms with Crippen molar-refractivity contribution in [1.82, 2.24) is 19.9 Å². The van der Waals surface area contributed by atoms with Crippen LogP contribution in [0.2, 0.25) is 5.02 Å². The summed E-state index contributed by atoms with van der Waals surface area (Å²) in [7, 11) is 7.90. The van der Waals surface area contributed by atoms with Gasteiger partial charge in [0.25, 0.3) is 0 Å². The first-order chi connectivity index (χ1) is 48.5. The average Bonchev–Trinajstić information content (AvgIpc) is 1.70. The van der Waals surface area contributed by atoms with E-state index in [-0.39, 0.29) is 152 Å². The fourth-order valence-corrected chi connectivity index (χ4v) is 10.3. The Morgan fingerprint density at radius 3 is 1.17 bits per heavy atom. The number of ether oxygens (including phenoxy) is 6. The Hall–Kier alpha value is -6.84. The Morgan fingerprint density at radius 1 is 0.398 bits per heavy atom. The number of H-pyrrole nitrogens is 4. The van der Waals surface area contributed by atoms with Crippen LogP contribution in [0, 0.1) is 118 Å². The van der Waals surface area contributed by atoms with Crippen LogP contribution in [0.3, 0.4) is 0 Å². The third kappa shape index (κ3) is 34.6. The topological polar surface area (TPSA) is 214 Å². The molecule has 108 heavy (non-hydrogen) atoms. The molecule has 27 heteroatoms. The number of hydrogen-bond donors (Lipinski definition) is 4. The monoisotopic (exact) mass is 1850 g/mol. The smallest absolute Gasteiger partial charge is 0.162 e. The molecule has 0 spiro atoms. The molecule has 8 aromatic carbocycles. The summed E-state index contributed by atoms with van der Waals surface area (Å²) in [6, 6.07) is 50.8. The zero-order valence-electron chi connectivity index (χ0n) is 58.8. The molecule has 12 aromatic rings. The van der Waals surface area contributed by atoms with Crippen LogP contribution in [0.1, 0.15) is 63.8 Å². The minimum Gasteiger partial charge on any atom is -0.663 e. The molecule has 0 atom stereocenters. The van der Waals surface area contributed by atoms with Crippen molar-refractivity contribution >= 4 is 67.0 Å². The molecule has 0 saturated carbocycles. The van der Waals surface area contributed by atoms with Crippen LogP contribution in [0.25, 0.3) is 43.6 Å². The normalized spacial score (nSPS) is 9.21. The first-order valence-electron chi connectivity index (χ1n) is 31.2. The molecule has 0 fully saturated rings. The maximum atomic E-state index is 12.9. The number of rotatable bonds is 17. The molecule has 4 heterocycles. The van der Waals surface area contributed by atoms with Crippen LogP contribution in [0.5, 0.6) is 34.5 Å². The van der Waals surface area contributed by atoms with Crippen LogP contribution in [0.4, 0.5) is 13.2 Å². The Kier molecular flexibility index (Phi) is 59.7. The molecule has 12 rings (SSSR count). The average molecular weight is 1860 g/mol. The van der Waals surface area contributed by atoms with Crippen molar-refractivity contribution in [3.05, 3.63) is 299 Å². The van der Waals surface area contributed by atoms with E-state index in [0.29, 0.717) is 82.8 Å². The maximum Gasteiger partial charge on any atom is 0.162 e. The predicted molar refractivity (Wildman–Crippen MR) is 396 cm³/mol. The van der Waals surface area contributed by atoms with Crippen LogP contribution >= 0.6 is 23.4 Å². The van der Waals surface area contributed by atoms with Gasteiger partial charge in [0, 0.05) is 225 Å². The second-order valence-electron chi connectivity index (χ2n) is 20.8. The number of thioether (sulfide) groups is 1. The van der Waals surface area contributed by atoms with E-state index in [4.69, 9.17) is 61.1 Å². The minimum absolute atomic E-state index is 0. The number of nitrogens with zero attached hydrogens (tertiary/aromatic N) is 4. The number of aryl methyl sites for hydroxylation is 1. The molecule has 0 aliphatic heterocycles. The molecular formula is C81H78ClCo8F3N8O6S-8. The largest absolute Gasteiger partial charge is 0.663 e. The Labute approximate surface area is 724 Å². The van der Waals surface area contributed by atoms with Gasteiger partial charge in [-0.2, -0.15) is 60.3 Å². The van der Waals surface area contributed by atoms with E-state index >= 15 is 0 Å². The number of fused-ring (bicyclic) bond motifs is 4. The van der Waals surface area contributed by atoms with Gasteiger partial charge < -0.3 is 96.8 Å². The number of aromatic nitrogens is 4. The third-order valence-electron chi connectivity index (χ3n) is 14.2. The quantitative estimate of drug-likeness (QED) is 0.0497. The Balaban J connectivity index is -0.000000567. The van der Waals surface area contributed by atoms with Gasteiger partial charge in [0.15, 0.2) is 28.7 Å². The van der Waals surface area contributed by atoms with Gasteiger partial charge in [0.1, 0.15) is 23.2 Å². The van der Waals surface area contributed by atoms with Crippen LogP contribution in [-0.2, 0) is 160 Å². The number of aromatic amines is 4. The fourth-order valence-electron chi connectivity index (χ4n) is 9.33. The van der Waals surface area contributed by atoms with Crippen molar-refractivity contribution in [1.29, 1.82) is 21.0 Å². The van der Waals surface area contributed by atoms with Gasteiger partial charge in [0.05, 0.1) is 74.5 Å². The van der Waals surface area contributed by atoms with Gasteiger partial charge >= 0.3 is 0 Å². The van der Waals surface area contributed by atoms with Crippen molar-refractivity contribution in [3.8, 4) is 58.8 Å². The zero-order valence-corrected chi connectivity index (χ0v) is 68.7. The van der Waals surface area contributed by atoms with E-state index in [0.717, 1.165) is 103 Å². The summed E-state index contributed by atoms with van der Waals surface area (Å²) in [5, 5.41) is 39.6. The minimum atomic E-state index is -0.197. The predicted octanol–water partition coefficient (Wildman–Crippen LogP) is 20.2. The summed E-state index contributed by atoms with van der Waals surface area (Å²) in [5.41, 5.74) is 11.1. The van der Waals surface area contributed by atoms with Crippen molar-refractivity contribution in [2.45, 2.75) is 49.8 Å². The van der Waals surface area contributed by atoms with Gasteiger partial charge in [-0.25, -0.2) is 13.2 Å². The van der Waals surface area contributed by atoms with Crippen molar-refractivity contribution < 1.29 is 176 Å². The van der Waals surface area contributed by atoms with E-state index in [1.165, 1.54) is 42.3 Å². The molecule has 4 N–H and O–H groups in total. The molecule has 4 aromatic heterocycles. The summed E-state index contributed by atoms with van der Waals surface area (Å²) >= 11 is 7.50. The number of benzene rings is 8. The SMILES string of the molecule is [CH2-]CCOc1cc(C#N)ccc1OC.[CH2-]CCSc1cccc(F)c1.[CH2-]CCc1c[nH]c2ccc(F)cc12.[CH2-]COc1cc(C#N)ccc1OC.[CH2-]Cc1c[nH]c2ccc(C#N)cc12.[CH2-]Cc1c[nH]c2ccc(Cl)cc12.[CH2-]Cc1c[nH]c2ccc(F)cc12.[CH2-]Oc1cc(C#N)ccc1OC.[Co].[Co].[Co].[Co].[Co].[Co].[Co].[Co]. The van der Waals surface area contributed by atoms with E-state index < -0.39 is 0 Å². The van der Waals surface area contributed by atoms with E-state index in [9.17, 15) is 13.2 Å². The molecule has 0 amide bonds. The van der Waals surface area contributed by atoms with Crippen molar-refractivity contribution in [3.63, 3.8) is 0 Å². The van der Waals surface area contributed by atoms with Gasteiger partial charge in [-0.15, -0.1) is 18.2 Å². The van der Waals surface area contributed by atoms with E-state index in [1.807, 2.05) is 85.5 Å². The van der Waals surface area contributed by atoms with E-state index in [2.05, 4.69) is 81.6 Å². The third-order valence-corrected chi connectivity index (χ3v) is 15.6. The molecule has 0 aliphatic rings. The molecule has 0 unspecified atom stereocenters. The van der Waals surface area contributed by atoms with Crippen LogP contribution in [0.15, 0.2) is 181 Å². The molecular weight excluding hydrogens is 1780 g/mol. The molecule has 0 bridgehead atoms. The molecule has 0 saturated heterocycles. The van der Waals surface area contributed by atoms with Crippen molar-refractivity contribution in [2.24, 2.45) is 0 Å². The second-order valence-corrected chi connectivity index (χ2v) is 22.4. The van der Waals surface area contributed by atoms with Crippen LogP contribution < -0.4 is 28.4 Å². The first-order valence-corrected chi connectivity index (χ1v) is 32.5. The summed E-state index contributed by atoms with van der Waals surface area (Å²) in [6.45, 7) is 27.0. The molecule has 0 aliphatic carbocycles. The first kappa shape index (κ1) is 108. The standard InChI is InChI=1S/C11H11FN.C11H9N2.C11H12NO2.C10H9ClN.C10H9FN.C10H10NO2.C9H10FS.C9H8NO2.8Co/c1-2-3-8-7-13-11-5-4-9(12)6-10(8)11;1-2-9-7-13-11-4-3-8(6-12)5-10(9)11;1-3-6-14-11-7-9(8-12)4-5-10(11)13-2;2*1-2-7-6-12-10-4-3-8(11)5-9(7)10;1-3-13-10-6-8(7-11)4-5-9(10)12-2;1-2-6-11-9-5-3-4-8(10)7-9;1-11-8-4-3-7(6-10)5-9(8)12-2;;;;;;;;/h4-7,13H,1-3H2;3-5,7,13H,1-2H2;4-5,7H,1,3,6H2,2H3;2*3-6,12H,1-2H2;4-6H,1,3H2,2H3;3-5,7H,1-2,6H2;3-5H,2H2,1H3;;;;;;;;/q8*-1;;;;;;;;. The number of nitriles is 4. The number of nitrogens with one attached hydrogen (secondary N) is 4. The number of halogens is 4. The summed E-state index contributed by atoms with van der Waals surface area (Å²) in [4.78, 5) is 13.5. The summed E-state index contributed by atoms with van der Waals surface area (Å²) in [5.74, 6) is 3.84. The summed E-state index contributed by atoms with van der Waals surface area (Å²) in [6.07, 6.45) is 13.2. The van der Waals surface area contributed by atoms with Gasteiger partial charge in [-0.3, -0.25) is 0 Å². The number of hydrogen-bond acceptors (Lipinski definition) is 11. The zero-order chi connectivity index (χ0) is 72.8. The fraction of sp³-hybridized carbons (Fsp3) is 0.160. The van der Waals surface area contributed by atoms with E-state index in [1.54, 1.807) is 111 Å².